The molecule has 3 amide bonds. The van der Waals surface area contributed by atoms with Crippen LogP contribution < -0.4 is 16.0 Å². The molecule has 1 heterocycles. The van der Waals surface area contributed by atoms with Crippen LogP contribution in [0.5, 0.6) is 0 Å². The molecule has 0 aliphatic rings. The van der Waals surface area contributed by atoms with Crippen LogP contribution in [0.25, 0.3) is 0 Å². The summed E-state index contributed by atoms with van der Waals surface area (Å²) in [6, 6.07) is 14.8. The molecule has 0 bridgehead atoms. The van der Waals surface area contributed by atoms with E-state index in [0.717, 1.165) is 23.3 Å². The second-order valence-electron chi connectivity index (χ2n) is 6.18. The van der Waals surface area contributed by atoms with Crippen LogP contribution in [-0.4, -0.2) is 22.1 Å². The Labute approximate surface area is 167 Å². The van der Waals surface area contributed by atoms with E-state index in [1.54, 1.807) is 0 Å². The molecule has 3 N–H and O–H groups in total. The first-order chi connectivity index (χ1) is 13.5. The molecule has 3 rings (SSSR count). The van der Waals surface area contributed by atoms with Crippen molar-refractivity contribution >= 4 is 34.6 Å². The van der Waals surface area contributed by atoms with E-state index in [-0.39, 0.29) is 23.5 Å². The molecule has 0 atom stereocenters. The number of aromatic nitrogens is 2. The minimum Gasteiger partial charge on any atom is -0.331 e. The first kappa shape index (κ1) is 19.5. The topological polar surface area (TPSA) is 96.0 Å². The highest BCUT2D eigenvalue weighted by Gasteiger charge is 2.13. The minimum atomic E-state index is -0.342. The quantitative estimate of drug-likeness (QED) is 0.588. The van der Waals surface area contributed by atoms with Gasteiger partial charge in [0.15, 0.2) is 0 Å². The van der Waals surface area contributed by atoms with E-state index in [2.05, 4.69) is 33.1 Å². The van der Waals surface area contributed by atoms with Gasteiger partial charge in [0.1, 0.15) is 5.01 Å². The Bertz CT molecular complexity index is 951. The number of rotatable bonds is 6. The summed E-state index contributed by atoms with van der Waals surface area (Å²) in [7, 11) is 0. The number of anilines is 2. The number of nitrogens with one attached hydrogen (secondary N) is 3. The number of carbonyl (C=O) groups is 2. The second kappa shape index (κ2) is 9.09. The first-order valence-corrected chi connectivity index (χ1v) is 9.69. The molecule has 144 valence electrons. The number of carbonyl (C=O) groups excluding carboxylic acids is 2. The molecule has 8 heteroatoms. The first-order valence-electron chi connectivity index (χ1n) is 8.87. The molecule has 0 radical (unpaired) electrons. The molecule has 1 aromatic heterocycles. The van der Waals surface area contributed by atoms with Crippen molar-refractivity contribution in [1.29, 1.82) is 0 Å². The van der Waals surface area contributed by atoms with Crippen molar-refractivity contribution in [2.75, 3.05) is 10.6 Å². The number of aryl methyl sites for hydroxylation is 2. The number of amides is 3. The zero-order chi connectivity index (χ0) is 19.9. The van der Waals surface area contributed by atoms with E-state index in [4.69, 9.17) is 0 Å². The predicted molar refractivity (Wildman–Crippen MR) is 111 cm³/mol. The van der Waals surface area contributed by atoms with Gasteiger partial charge in [0.2, 0.25) is 5.01 Å². The molecule has 7 nitrogen and oxygen atoms in total. The Hall–Kier alpha value is -3.26. The van der Waals surface area contributed by atoms with Crippen LogP contribution in [0, 0.1) is 6.92 Å². The van der Waals surface area contributed by atoms with Gasteiger partial charge in [0.05, 0.1) is 6.54 Å². The van der Waals surface area contributed by atoms with Gasteiger partial charge in [-0.15, -0.1) is 10.2 Å². The molecule has 2 aromatic carbocycles. The van der Waals surface area contributed by atoms with Gasteiger partial charge in [-0.05, 0) is 43.2 Å². The van der Waals surface area contributed by atoms with Gasteiger partial charge in [0.25, 0.3) is 5.91 Å². The smallest absolute Gasteiger partial charge is 0.319 e. The number of hydrogen-bond acceptors (Lipinski definition) is 5. The van der Waals surface area contributed by atoms with Crippen LogP contribution in [-0.2, 0) is 13.0 Å². The normalized spacial score (nSPS) is 10.4. The fourth-order valence-electron chi connectivity index (χ4n) is 2.39. The van der Waals surface area contributed by atoms with Crippen molar-refractivity contribution in [2.24, 2.45) is 0 Å². The fourth-order valence-corrected chi connectivity index (χ4v) is 3.07. The van der Waals surface area contributed by atoms with Crippen molar-refractivity contribution < 1.29 is 9.59 Å². The van der Waals surface area contributed by atoms with Crippen LogP contribution >= 0.6 is 11.3 Å². The number of urea groups is 1. The number of hydrogen-bond donors (Lipinski definition) is 3. The monoisotopic (exact) mass is 395 g/mol. The highest BCUT2D eigenvalue weighted by molar-refractivity contribution is 7.13. The van der Waals surface area contributed by atoms with Crippen LogP contribution in [0.4, 0.5) is 16.2 Å². The zero-order valence-corrected chi connectivity index (χ0v) is 16.5. The third kappa shape index (κ3) is 5.37. The van der Waals surface area contributed by atoms with Crippen molar-refractivity contribution in [1.82, 2.24) is 15.5 Å². The number of nitrogens with zero attached hydrogens (tertiary/aromatic N) is 2. The standard InChI is InChI=1S/C20H21N5O2S/c1-3-14-6-10-16(11-7-14)23-20(27)21-12-17-24-25-19(28-17)18(26)22-15-8-4-13(2)5-9-15/h4-11H,3,12H2,1-2H3,(H,22,26)(H2,21,23,27). The van der Waals surface area contributed by atoms with E-state index < -0.39 is 0 Å². The highest BCUT2D eigenvalue weighted by Crippen LogP contribution is 2.14. The molecule has 0 unspecified atom stereocenters. The van der Waals surface area contributed by atoms with Gasteiger partial charge >= 0.3 is 6.03 Å². The SMILES string of the molecule is CCc1ccc(NC(=O)NCc2nnc(C(=O)Nc3ccc(C)cc3)s2)cc1. The Morgan fingerprint density at radius 1 is 0.929 bits per heavy atom. The second-order valence-corrected chi connectivity index (χ2v) is 7.24. The van der Waals surface area contributed by atoms with Gasteiger partial charge in [-0.2, -0.15) is 0 Å². The molecule has 0 fully saturated rings. The van der Waals surface area contributed by atoms with E-state index >= 15 is 0 Å². The molecule has 28 heavy (non-hydrogen) atoms. The average Bonchev–Trinajstić information content (AvgIpc) is 3.18. The summed E-state index contributed by atoms with van der Waals surface area (Å²) in [6.45, 7) is 4.24. The lowest BCUT2D eigenvalue weighted by Gasteiger charge is -2.06. The van der Waals surface area contributed by atoms with Crippen LogP contribution in [0.2, 0.25) is 0 Å². The van der Waals surface area contributed by atoms with Gasteiger partial charge in [-0.3, -0.25) is 4.79 Å². The maximum atomic E-state index is 12.2. The molecule has 0 aliphatic heterocycles. The van der Waals surface area contributed by atoms with Crippen molar-refractivity contribution in [3.63, 3.8) is 0 Å². The summed E-state index contributed by atoms with van der Waals surface area (Å²) in [5.74, 6) is -0.326. The molecule has 0 aliphatic carbocycles. The highest BCUT2D eigenvalue weighted by atomic mass is 32.1. The Morgan fingerprint density at radius 3 is 2.25 bits per heavy atom. The molecule has 0 spiro atoms. The third-order valence-corrected chi connectivity index (χ3v) is 4.91. The summed E-state index contributed by atoms with van der Waals surface area (Å²) in [6.07, 6.45) is 0.948. The summed E-state index contributed by atoms with van der Waals surface area (Å²) in [4.78, 5) is 24.2. The van der Waals surface area contributed by atoms with Crippen LogP contribution in [0.3, 0.4) is 0 Å². The molecular weight excluding hydrogens is 374 g/mol. The van der Waals surface area contributed by atoms with Gasteiger partial charge < -0.3 is 16.0 Å². The Kier molecular flexibility index (Phi) is 6.33. The molecule has 3 aromatic rings. The lowest BCUT2D eigenvalue weighted by Crippen LogP contribution is -2.28. The summed E-state index contributed by atoms with van der Waals surface area (Å²) < 4.78 is 0. The molecule has 0 saturated carbocycles. The third-order valence-electron chi connectivity index (χ3n) is 3.99. The largest absolute Gasteiger partial charge is 0.331 e. The van der Waals surface area contributed by atoms with Crippen LogP contribution in [0.1, 0.15) is 32.9 Å². The van der Waals surface area contributed by atoms with Crippen molar-refractivity contribution in [2.45, 2.75) is 26.8 Å². The summed E-state index contributed by atoms with van der Waals surface area (Å²) >= 11 is 1.14. The maximum Gasteiger partial charge on any atom is 0.319 e. The Balaban J connectivity index is 1.50. The minimum absolute atomic E-state index is 0.189. The van der Waals surface area contributed by atoms with Gasteiger partial charge in [0, 0.05) is 11.4 Å². The van der Waals surface area contributed by atoms with Crippen molar-refractivity contribution in [3.05, 3.63) is 69.7 Å². The lowest BCUT2D eigenvalue weighted by molar-refractivity contribution is 0.102. The van der Waals surface area contributed by atoms with Gasteiger partial charge in [-0.1, -0.05) is 48.1 Å². The summed E-state index contributed by atoms with van der Waals surface area (Å²) in [5, 5.41) is 16.9. The van der Waals surface area contributed by atoms with E-state index in [1.165, 1.54) is 5.56 Å². The molecular formula is C20H21N5O2S. The van der Waals surface area contributed by atoms with E-state index in [9.17, 15) is 9.59 Å². The van der Waals surface area contributed by atoms with Gasteiger partial charge in [-0.25, -0.2) is 4.79 Å². The fraction of sp³-hybridized carbons (Fsp3) is 0.200. The summed E-state index contributed by atoms with van der Waals surface area (Å²) in [5.41, 5.74) is 3.72. The molecule has 0 saturated heterocycles. The van der Waals surface area contributed by atoms with E-state index in [1.807, 2.05) is 55.5 Å². The lowest BCUT2D eigenvalue weighted by atomic mass is 10.1. The zero-order valence-electron chi connectivity index (χ0n) is 15.7. The maximum absolute atomic E-state index is 12.2. The van der Waals surface area contributed by atoms with Crippen molar-refractivity contribution in [3.8, 4) is 0 Å². The number of benzene rings is 2. The predicted octanol–water partition coefficient (Wildman–Crippen LogP) is 3.98. The van der Waals surface area contributed by atoms with Crippen LogP contribution in [0.15, 0.2) is 48.5 Å². The average molecular weight is 395 g/mol. The Morgan fingerprint density at radius 2 is 1.57 bits per heavy atom. The van der Waals surface area contributed by atoms with E-state index in [0.29, 0.717) is 16.4 Å².